The van der Waals surface area contributed by atoms with E-state index in [1.165, 1.54) is 12.1 Å². The Morgan fingerprint density at radius 1 is 1.28 bits per heavy atom. The molecule has 7 heteroatoms. The van der Waals surface area contributed by atoms with E-state index in [1.54, 1.807) is 12.1 Å². The van der Waals surface area contributed by atoms with Gasteiger partial charge in [-0.1, -0.05) is 23.7 Å². The average molecular weight is 275 g/mol. The summed E-state index contributed by atoms with van der Waals surface area (Å²) in [7, 11) is 0. The number of carbonyl (C=O) groups is 1. The van der Waals surface area contributed by atoms with Gasteiger partial charge in [-0.15, -0.1) is 0 Å². The normalized spacial score (nSPS) is 11.6. The molecule has 18 heavy (non-hydrogen) atoms. The van der Waals surface area contributed by atoms with Crippen LogP contribution in [0.25, 0.3) is 5.69 Å². The van der Waals surface area contributed by atoms with E-state index in [4.69, 9.17) is 11.6 Å². The van der Waals surface area contributed by atoms with Gasteiger partial charge in [0.2, 0.25) is 0 Å². The second-order valence-electron chi connectivity index (χ2n) is 3.43. The summed E-state index contributed by atoms with van der Waals surface area (Å²) in [5.41, 5.74) is -1.13. The van der Waals surface area contributed by atoms with Crippen molar-refractivity contribution >= 4 is 17.9 Å². The minimum Gasteiger partial charge on any atom is -0.296 e. The fraction of sp³-hybridized carbons (Fsp3) is 0.0909. The number of alkyl halides is 3. The lowest BCUT2D eigenvalue weighted by atomic mass is 10.3. The number of para-hydroxylation sites is 1. The number of benzene rings is 1. The first-order valence-electron chi connectivity index (χ1n) is 4.81. The van der Waals surface area contributed by atoms with E-state index in [1.807, 2.05) is 0 Å². The van der Waals surface area contributed by atoms with Gasteiger partial charge in [-0.2, -0.15) is 18.3 Å². The van der Waals surface area contributed by atoms with E-state index in [0.717, 1.165) is 4.68 Å². The van der Waals surface area contributed by atoms with Crippen molar-refractivity contribution in [2.24, 2.45) is 0 Å². The highest BCUT2D eigenvalue weighted by Crippen LogP contribution is 2.30. The number of carbonyl (C=O) groups excluding carboxylic acids is 1. The molecule has 94 valence electrons. The predicted molar refractivity (Wildman–Crippen MR) is 59.0 cm³/mol. The summed E-state index contributed by atoms with van der Waals surface area (Å²) in [6.07, 6.45) is -4.31. The van der Waals surface area contributed by atoms with Gasteiger partial charge in [0, 0.05) is 0 Å². The minimum absolute atomic E-state index is 0.206. The van der Waals surface area contributed by atoms with Gasteiger partial charge in [-0.3, -0.25) is 4.79 Å². The molecule has 0 aliphatic rings. The third-order valence-corrected chi connectivity index (χ3v) is 2.55. The quantitative estimate of drug-likeness (QED) is 0.787. The van der Waals surface area contributed by atoms with Crippen molar-refractivity contribution in [2.45, 2.75) is 6.18 Å². The van der Waals surface area contributed by atoms with E-state index >= 15 is 0 Å². The van der Waals surface area contributed by atoms with Gasteiger partial charge in [0.25, 0.3) is 0 Å². The first-order valence-corrected chi connectivity index (χ1v) is 5.18. The fourth-order valence-electron chi connectivity index (χ4n) is 1.43. The second kappa shape index (κ2) is 4.45. The first kappa shape index (κ1) is 12.6. The molecule has 1 aromatic carbocycles. The number of aldehydes is 1. The molecule has 0 aliphatic carbocycles. The smallest absolute Gasteiger partial charge is 0.296 e. The lowest BCUT2D eigenvalue weighted by molar-refractivity contribution is -0.141. The molecule has 0 unspecified atom stereocenters. The van der Waals surface area contributed by atoms with Crippen LogP contribution in [0.2, 0.25) is 5.02 Å². The molecular weight excluding hydrogens is 269 g/mol. The summed E-state index contributed by atoms with van der Waals surface area (Å²) < 4.78 is 38.4. The Morgan fingerprint density at radius 2 is 1.94 bits per heavy atom. The number of rotatable bonds is 2. The molecule has 0 amide bonds. The molecule has 0 radical (unpaired) electrons. The zero-order valence-electron chi connectivity index (χ0n) is 8.78. The highest BCUT2D eigenvalue weighted by Gasteiger charge is 2.35. The molecule has 3 nitrogen and oxygen atoms in total. The molecule has 1 heterocycles. The van der Waals surface area contributed by atoms with Crippen LogP contribution in [-0.4, -0.2) is 16.1 Å². The molecule has 0 aliphatic heterocycles. The van der Waals surface area contributed by atoms with Crippen LogP contribution in [0.15, 0.2) is 30.3 Å². The lowest BCUT2D eigenvalue weighted by Crippen LogP contribution is -2.07. The van der Waals surface area contributed by atoms with Gasteiger partial charge in [-0.25, -0.2) is 4.68 Å². The van der Waals surface area contributed by atoms with E-state index in [9.17, 15) is 18.0 Å². The van der Waals surface area contributed by atoms with Gasteiger partial charge in [-0.05, 0) is 18.2 Å². The predicted octanol–water partition coefficient (Wildman–Crippen LogP) is 3.36. The van der Waals surface area contributed by atoms with Gasteiger partial charge < -0.3 is 0 Å². The zero-order chi connectivity index (χ0) is 13.3. The lowest BCUT2D eigenvalue weighted by Gasteiger charge is -2.05. The Labute approximate surface area is 105 Å². The first-order chi connectivity index (χ1) is 8.43. The molecule has 0 saturated carbocycles. The Bertz CT molecular complexity index is 592. The third-order valence-electron chi connectivity index (χ3n) is 2.23. The van der Waals surface area contributed by atoms with Crippen LogP contribution in [0, 0.1) is 0 Å². The number of aromatic nitrogens is 2. The van der Waals surface area contributed by atoms with Gasteiger partial charge in [0.1, 0.15) is 5.69 Å². The van der Waals surface area contributed by atoms with Crippen molar-refractivity contribution in [3.8, 4) is 5.69 Å². The minimum atomic E-state index is -4.61. The van der Waals surface area contributed by atoms with Crippen LogP contribution in [0.4, 0.5) is 13.2 Å². The number of hydrogen-bond donors (Lipinski definition) is 0. The van der Waals surface area contributed by atoms with Crippen LogP contribution in [0.3, 0.4) is 0 Å². The topological polar surface area (TPSA) is 34.9 Å². The van der Waals surface area contributed by atoms with Crippen molar-refractivity contribution in [3.05, 3.63) is 46.7 Å². The second-order valence-corrected chi connectivity index (χ2v) is 3.84. The zero-order valence-corrected chi connectivity index (χ0v) is 9.53. The summed E-state index contributed by atoms with van der Waals surface area (Å²) >= 11 is 5.85. The Kier molecular flexibility index (Phi) is 3.13. The Hall–Kier alpha value is -1.82. The van der Waals surface area contributed by atoms with E-state index in [-0.39, 0.29) is 16.4 Å². The third kappa shape index (κ3) is 2.24. The molecular formula is C11H6ClF3N2O. The van der Waals surface area contributed by atoms with Crippen molar-refractivity contribution in [2.75, 3.05) is 0 Å². The van der Waals surface area contributed by atoms with E-state index in [2.05, 4.69) is 5.10 Å². The standard InChI is InChI=1S/C11H6ClF3N2O/c12-8-3-1-2-4-9(8)17-7(6-18)5-10(16-17)11(13,14)15/h1-6H. The summed E-state index contributed by atoms with van der Waals surface area (Å²) in [6.45, 7) is 0. The highest BCUT2D eigenvalue weighted by atomic mass is 35.5. The molecule has 0 fully saturated rings. The van der Waals surface area contributed by atoms with Gasteiger partial charge in [0.15, 0.2) is 12.0 Å². The Morgan fingerprint density at radius 3 is 2.50 bits per heavy atom. The maximum atomic E-state index is 12.5. The van der Waals surface area contributed by atoms with E-state index < -0.39 is 11.9 Å². The van der Waals surface area contributed by atoms with Crippen molar-refractivity contribution in [3.63, 3.8) is 0 Å². The largest absolute Gasteiger partial charge is 0.435 e. The van der Waals surface area contributed by atoms with Crippen molar-refractivity contribution < 1.29 is 18.0 Å². The summed E-state index contributed by atoms with van der Waals surface area (Å²) in [4.78, 5) is 10.8. The maximum absolute atomic E-state index is 12.5. The summed E-state index contributed by atoms with van der Waals surface area (Å²) in [5.74, 6) is 0. The number of nitrogens with zero attached hydrogens (tertiary/aromatic N) is 2. The molecule has 0 spiro atoms. The Balaban J connectivity index is 2.61. The fourth-order valence-corrected chi connectivity index (χ4v) is 1.65. The van der Waals surface area contributed by atoms with E-state index in [0.29, 0.717) is 12.4 Å². The summed E-state index contributed by atoms with van der Waals surface area (Å²) in [6, 6.07) is 6.87. The molecule has 0 bridgehead atoms. The number of halogens is 4. The van der Waals surface area contributed by atoms with Crippen molar-refractivity contribution in [1.82, 2.24) is 9.78 Å². The monoisotopic (exact) mass is 274 g/mol. The molecule has 0 atom stereocenters. The summed E-state index contributed by atoms with van der Waals surface area (Å²) in [5, 5.41) is 3.57. The molecule has 0 N–H and O–H groups in total. The highest BCUT2D eigenvalue weighted by molar-refractivity contribution is 6.32. The van der Waals surface area contributed by atoms with Crippen LogP contribution in [0.1, 0.15) is 16.2 Å². The number of hydrogen-bond acceptors (Lipinski definition) is 2. The van der Waals surface area contributed by atoms with Gasteiger partial charge >= 0.3 is 6.18 Å². The molecule has 1 aromatic heterocycles. The SMILES string of the molecule is O=Cc1cc(C(F)(F)F)nn1-c1ccccc1Cl. The van der Waals surface area contributed by atoms with Crippen LogP contribution in [0.5, 0.6) is 0 Å². The average Bonchev–Trinajstić information content (AvgIpc) is 2.73. The molecule has 0 saturated heterocycles. The molecule has 2 aromatic rings. The maximum Gasteiger partial charge on any atom is 0.435 e. The van der Waals surface area contributed by atoms with Gasteiger partial charge in [0.05, 0.1) is 10.7 Å². The van der Waals surface area contributed by atoms with Crippen molar-refractivity contribution in [1.29, 1.82) is 0 Å². The van der Waals surface area contributed by atoms with Crippen LogP contribution >= 0.6 is 11.6 Å². The molecule has 2 rings (SSSR count). The van der Waals surface area contributed by atoms with Crippen LogP contribution in [-0.2, 0) is 6.18 Å². The van der Waals surface area contributed by atoms with Crippen LogP contribution < -0.4 is 0 Å².